The van der Waals surface area contributed by atoms with E-state index in [9.17, 15) is 9.18 Å². The van der Waals surface area contributed by atoms with E-state index in [-0.39, 0.29) is 0 Å². The third-order valence-corrected chi connectivity index (χ3v) is 8.11. The van der Waals surface area contributed by atoms with Gasteiger partial charge in [-0.2, -0.15) is 9.97 Å². The number of halogens is 1. The molecule has 0 unspecified atom stereocenters. The summed E-state index contributed by atoms with van der Waals surface area (Å²) in [6.45, 7) is 12.7. The second-order valence-electron chi connectivity index (χ2n) is 10.4. The van der Waals surface area contributed by atoms with Crippen LogP contribution in [0, 0.1) is 13.8 Å². The first kappa shape index (κ1) is 25.4. The van der Waals surface area contributed by atoms with Gasteiger partial charge in [-0.15, -0.1) is 0 Å². The number of carbonyl (C=O) groups excluding carboxylic acids is 1. The minimum atomic E-state index is -0.910. The smallest absolute Gasteiger partial charge is 0.318 e. The first-order chi connectivity index (χ1) is 17.8. The van der Waals surface area contributed by atoms with Crippen LogP contribution >= 0.6 is 0 Å². The number of likely N-dealkylation sites (tertiary alicyclic amines) is 1. The van der Waals surface area contributed by atoms with Crippen LogP contribution in [0.2, 0.25) is 0 Å². The van der Waals surface area contributed by atoms with Crippen molar-refractivity contribution in [1.82, 2.24) is 19.8 Å². The molecule has 1 aromatic carbocycles. The molecular weight excluding hydrogens is 471 g/mol. The van der Waals surface area contributed by atoms with Crippen molar-refractivity contribution < 1.29 is 13.9 Å². The molecule has 0 aliphatic carbocycles. The van der Waals surface area contributed by atoms with Crippen molar-refractivity contribution in [3.05, 3.63) is 53.0 Å². The summed E-state index contributed by atoms with van der Waals surface area (Å²) in [6, 6.07) is 7.21. The molecule has 0 radical (unpaired) electrons. The molecule has 2 fully saturated rings. The lowest BCUT2D eigenvalue weighted by atomic mass is 10.0. The van der Waals surface area contributed by atoms with E-state index in [1.165, 1.54) is 28.1 Å². The number of aryl methyl sites for hydroxylation is 1. The Morgan fingerprint density at radius 2 is 1.89 bits per heavy atom. The number of rotatable bonds is 6. The molecule has 2 saturated heterocycles. The van der Waals surface area contributed by atoms with Crippen molar-refractivity contribution in [2.45, 2.75) is 45.7 Å². The number of fused-ring (bicyclic) bond motifs is 1. The second kappa shape index (κ2) is 10.7. The average molecular weight is 509 g/mol. The number of piperazine rings is 1. The van der Waals surface area contributed by atoms with Crippen molar-refractivity contribution in [1.29, 1.82) is 0 Å². The van der Waals surface area contributed by atoms with Gasteiger partial charge in [0.05, 0.1) is 12.2 Å². The molecule has 1 atom stereocenters. The van der Waals surface area contributed by atoms with Crippen LogP contribution in [0.3, 0.4) is 0 Å². The Hall–Kier alpha value is -3.20. The van der Waals surface area contributed by atoms with Gasteiger partial charge in [-0.1, -0.05) is 18.7 Å². The van der Waals surface area contributed by atoms with Crippen LogP contribution in [0.4, 0.5) is 15.9 Å². The van der Waals surface area contributed by atoms with Gasteiger partial charge < -0.3 is 24.3 Å². The highest BCUT2D eigenvalue weighted by Crippen LogP contribution is 2.33. The van der Waals surface area contributed by atoms with E-state index in [0.717, 1.165) is 43.0 Å². The average Bonchev–Trinajstić information content (AvgIpc) is 3.32. The first-order valence-electron chi connectivity index (χ1n) is 13.2. The van der Waals surface area contributed by atoms with Gasteiger partial charge in [0, 0.05) is 50.0 Å². The number of ether oxygens (including phenoxy) is 1. The topological polar surface area (TPSA) is 65.0 Å². The Morgan fingerprint density at radius 1 is 1.11 bits per heavy atom. The number of aromatic nitrogens is 2. The molecule has 4 heterocycles. The van der Waals surface area contributed by atoms with Crippen LogP contribution in [-0.2, 0) is 17.8 Å². The largest absolute Gasteiger partial charge is 0.462 e. The third kappa shape index (κ3) is 5.28. The van der Waals surface area contributed by atoms with Crippen LogP contribution < -0.4 is 14.5 Å². The second-order valence-corrected chi connectivity index (χ2v) is 10.4. The van der Waals surface area contributed by atoms with Crippen LogP contribution in [0.25, 0.3) is 0 Å². The Kier molecular flexibility index (Phi) is 7.33. The van der Waals surface area contributed by atoms with E-state index in [2.05, 4.69) is 60.4 Å². The molecule has 198 valence electrons. The Bertz CT molecular complexity index is 1180. The molecule has 9 heteroatoms. The molecule has 0 spiro atoms. The summed E-state index contributed by atoms with van der Waals surface area (Å²) in [5.74, 6) is -0.656. The molecule has 1 amide bonds. The zero-order valence-corrected chi connectivity index (χ0v) is 22.2. The van der Waals surface area contributed by atoms with Gasteiger partial charge in [-0.25, -0.2) is 4.39 Å². The van der Waals surface area contributed by atoms with E-state index < -0.39 is 11.7 Å². The number of carbonyl (C=O) groups is 1. The lowest BCUT2D eigenvalue weighted by Gasteiger charge is -2.38. The highest BCUT2D eigenvalue weighted by Gasteiger charge is 2.30. The van der Waals surface area contributed by atoms with Gasteiger partial charge in [-0.05, 0) is 63.9 Å². The Morgan fingerprint density at radius 3 is 2.59 bits per heavy atom. The summed E-state index contributed by atoms with van der Waals surface area (Å²) in [5.41, 5.74) is 5.93. The van der Waals surface area contributed by atoms with E-state index in [1.54, 1.807) is 0 Å². The minimum Gasteiger partial charge on any atom is -0.462 e. The van der Waals surface area contributed by atoms with Crippen LogP contribution in [0.1, 0.15) is 35.2 Å². The normalized spacial score (nSPS) is 20.2. The van der Waals surface area contributed by atoms with Crippen LogP contribution in [-0.4, -0.2) is 84.6 Å². The maximum absolute atomic E-state index is 13.4. The van der Waals surface area contributed by atoms with Crippen molar-refractivity contribution in [3.63, 3.8) is 0 Å². The van der Waals surface area contributed by atoms with Crippen LogP contribution in [0.5, 0.6) is 6.01 Å². The lowest BCUT2D eigenvalue weighted by Crippen LogP contribution is -2.49. The first-order valence-corrected chi connectivity index (χ1v) is 13.2. The molecule has 3 aliphatic rings. The summed E-state index contributed by atoms with van der Waals surface area (Å²) in [6.07, 6.45) is 3.12. The quantitative estimate of drug-likeness (QED) is 0.555. The van der Waals surface area contributed by atoms with Gasteiger partial charge in [-0.3, -0.25) is 4.79 Å². The fraction of sp³-hybridized carbons (Fsp3) is 0.536. The maximum Gasteiger partial charge on any atom is 0.318 e. The molecule has 37 heavy (non-hydrogen) atoms. The summed E-state index contributed by atoms with van der Waals surface area (Å²) in [4.78, 5) is 30.3. The minimum absolute atomic E-state index is 0.373. The third-order valence-electron chi connectivity index (χ3n) is 8.11. The molecular formula is C28H37FN6O2. The zero-order chi connectivity index (χ0) is 26.1. The van der Waals surface area contributed by atoms with Crippen molar-refractivity contribution in [2.75, 3.05) is 62.7 Å². The molecule has 0 saturated carbocycles. The predicted octanol–water partition coefficient (Wildman–Crippen LogP) is 3.26. The van der Waals surface area contributed by atoms with Crippen molar-refractivity contribution >= 4 is 17.4 Å². The fourth-order valence-electron chi connectivity index (χ4n) is 5.65. The summed E-state index contributed by atoms with van der Waals surface area (Å²) in [7, 11) is 2.13. The summed E-state index contributed by atoms with van der Waals surface area (Å²) < 4.78 is 19.6. The molecule has 5 rings (SSSR count). The number of nitrogens with zero attached hydrogens (tertiary/aromatic N) is 6. The van der Waals surface area contributed by atoms with E-state index >= 15 is 0 Å². The molecule has 8 nitrogen and oxygen atoms in total. The fourth-order valence-corrected chi connectivity index (χ4v) is 5.65. The van der Waals surface area contributed by atoms with Crippen molar-refractivity contribution in [2.24, 2.45) is 0 Å². The van der Waals surface area contributed by atoms with Gasteiger partial charge in [0.1, 0.15) is 12.4 Å². The molecule has 1 aromatic heterocycles. The Labute approximate surface area is 218 Å². The molecule has 0 N–H and O–H groups in total. The highest BCUT2D eigenvalue weighted by atomic mass is 19.1. The van der Waals surface area contributed by atoms with E-state index in [4.69, 9.17) is 14.7 Å². The number of hydrogen-bond donors (Lipinski definition) is 0. The Balaban J connectivity index is 1.41. The van der Waals surface area contributed by atoms with E-state index in [1.807, 2.05) is 0 Å². The van der Waals surface area contributed by atoms with Crippen LogP contribution in [0.15, 0.2) is 30.6 Å². The van der Waals surface area contributed by atoms with E-state index in [0.29, 0.717) is 51.4 Å². The predicted molar refractivity (Wildman–Crippen MR) is 143 cm³/mol. The molecule has 2 aromatic rings. The molecule has 0 bridgehead atoms. The van der Waals surface area contributed by atoms with Gasteiger partial charge in [0.25, 0.3) is 5.91 Å². The summed E-state index contributed by atoms with van der Waals surface area (Å²) in [5, 5.41) is 0. The standard InChI is InChI=1S/C28H37FN6O2/c1-19-7-5-9-25(20(19)2)35-12-10-23-24(17-35)30-28(37-18-22-8-6-11-32(22)4)31-26(23)33-13-15-34(16-14-33)27(36)21(3)29/h5,7,9,22H,3,6,8,10-18H2,1-2,4H3/t22-/m0/s1. The highest BCUT2D eigenvalue weighted by molar-refractivity contribution is 5.90. The van der Waals surface area contributed by atoms with Crippen molar-refractivity contribution in [3.8, 4) is 6.01 Å². The number of benzene rings is 1. The SMILES string of the molecule is C=C(F)C(=O)N1CCN(c2nc(OC[C@@H]3CCCN3C)nc3c2CCN(c2cccc(C)c2C)C3)CC1. The lowest BCUT2D eigenvalue weighted by molar-refractivity contribution is -0.128. The van der Waals surface area contributed by atoms with Gasteiger partial charge in [0.2, 0.25) is 0 Å². The number of likely N-dealkylation sites (N-methyl/N-ethyl adjacent to an activating group) is 1. The zero-order valence-electron chi connectivity index (χ0n) is 22.2. The monoisotopic (exact) mass is 508 g/mol. The number of hydrogen-bond acceptors (Lipinski definition) is 7. The summed E-state index contributed by atoms with van der Waals surface area (Å²) >= 11 is 0. The maximum atomic E-state index is 13.4. The number of anilines is 2. The van der Waals surface area contributed by atoms with Gasteiger partial charge >= 0.3 is 6.01 Å². The molecule has 3 aliphatic heterocycles. The van der Waals surface area contributed by atoms with Gasteiger partial charge in [0.15, 0.2) is 5.83 Å². The number of amides is 1.